The van der Waals surface area contributed by atoms with E-state index in [1.54, 1.807) is 0 Å². The molecule has 122 valence electrons. The molecule has 0 aromatic heterocycles. The molecule has 0 radical (unpaired) electrons. The Bertz CT molecular complexity index is 1080. The molecule has 25 heavy (non-hydrogen) atoms. The Morgan fingerprint density at radius 3 is 2.28 bits per heavy atom. The first-order valence-electron chi connectivity index (χ1n) is 9.33. The van der Waals surface area contributed by atoms with Gasteiger partial charge in [0, 0.05) is 0 Å². The van der Waals surface area contributed by atoms with Crippen molar-refractivity contribution < 1.29 is 0 Å². The third-order valence-electron chi connectivity index (χ3n) is 5.91. The van der Waals surface area contributed by atoms with Crippen molar-refractivity contribution in [3.8, 4) is 11.1 Å². The maximum Gasteiger partial charge on any atom is -0.00730 e. The first-order chi connectivity index (χ1) is 12.3. The Labute approximate surface area is 149 Å². The first-order valence-corrected chi connectivity index (χ1v) is 9.33. The smallest absolute Gasteiger partial charge is 0.00730 e. The van der Waals surface area contributed by atoms with Crippen molar-refractivity contribution in [3.63, 3.8) is 0 Å². The summed E-state index contributed by atoms with van der Waals surface area (Å²) in [5, 5.41) is 5.41. The van der Waals surface area contributed by atoms with Crippen LogP contribution in [0.2, 0.25) is 0 Å². The fourth-order valence-electron chi connectivity index (χ4n) is 4.35. The van der Waals surface area contributed by atoms with Gasteiger partial charge < -0.3 is 0 Å². The van der Waals surface area contributed by atoms with Gasteiger partial charge in [0.2, 0.25) is 0 Å². The zero-order valence-electron chi connectivity index (χ0n) is 14.6. The van der Waals surface area contributed by atoms with E-state index in [4.69, 9.17) is 0 Å². The standard InChI is InChI=1S/C25H22/c1-17-13-15-22-20-10-3-2-7-19(20)14-16-24(22)25(17)23-12-5-4-11-21(23)18-8-6-9-18/h2-5,7,10-16,18H,6,8-9H2,1H3. The van der Waals surface area contributed by atoms with Crippen LogP contribution in [-0.2, 0) is 0 Å². The molecule has 0 N–H and O–H groups in total. The van der Waals surface area contributed by atoms with Crippen molar-refractivity contribution in [2.45, 2.75) is 32.1 Å². The maximum atomic E-state index is 2.35. The number of hydrogen-bond donors (Lipinski definition) is 0. The molecule has 1 aliphatic rings. The largest absolute Gasteiger partial charge is 0.0619 e. The fourth-order valence-corrected chi connectivity index (χ4v) is 4.35. The molecule has 0 heterocycles. The summed E-state index contributed by atoms with van der Waals surface area (Å²) in [7, 11) is 0. The number of rotatable bonds is 2. The fraction of sp³-hybridized carbons (Fsp3) is 0.200. The lowest BCUT2D eigenvalue weighted by molar-refractivity contribution is 0.420. The molecule has 4 aromatic carbocycles. The predicted octanol–water partition coefficient (Wildman–Crippen LogP) is 7.24. The van der Waals surface area contributed by atoms with Crippen LogP contribution in [0.3, 0.4) is 0 Å². The van der Waals surface area contributed by atoms with Crippen LogP contribution < -0.4 is 0 Å². The van der Waals surface area contributed by atoms with E-state index in [1.807, 2.05) is 0 Å². The van der Waals surface area contributed by atoms with E-state index < -0.39 is 0 Å². The second kappa shape index (κ2) is 5.74. The molecule has 0 saturated heterocycles. The third kappa shape index (κ3) is 2.28. The van der Waals surface area contributed by atoms with Crippen LogP contribution in [0.15, 0.2) is 72.8 Å². The molecule has 1 fully saturated rings. The van der Waals surface area contributed by atoms with E-state index in [9.17, 15) is 0 Å². The molecular formula is C25H22. The molecule has 1 aliphatic carbocycles. The quantitative estimate of drug-likeness (QED) is 0.341. The summed E-state index contributed by atoms with van der Waals surface area (Å²) in [6.45, 7) is 2.25. The summed E-state index contributed by atoms with van der Waals surface area (Å²) in [4.78, 5) is 0. The van der Waals surface area contributed by atoms with Crippen LogP contribution in [0, 0.1) is 6.92 Å². The highest BCUT2D eigenvalue weighted by Gasteiger charge is 2.23. The normalized spacial score (nSPS) is 14.8. The van der Waals surface area contributed by atoms with E-state index >= 15 is 0 Å². The van der Waals surface area contributed by atoms with Gasteiger partial charge in [-0.3, -0.25) is 0 Å². The second-order valence-electron chi connectivity index (χ2n) is 7.35. The molecule has 0 unspecified atom stereocenters. The van der Waals surface area contributed by atoms with E-state index in [0.717, 1.165) is 5.92 Å². The number of fused-ring (bicyclic) bond motifs is 3. The number of aryl methyl sites for hydroxylation is 1. The highest BCUT2D eigenvalue weighted by Crippen LogP contribution is 2.44. The molecule has 5 rings (SSSR count). The monoisotopic (exact) mass is 322 g/mol. The minimum Gasteiger partial charge on any atom is -0.0619 e. The van der Waals surface area contributed by atoms with E-state index in [2.05, 4.69) is 79.7 Å². The minimum absolute atomic E-state index is 0.742. The average molecular weight is 322 g/mol. The Hall–Kier alpha value is -2.60. The SMILES string of the molecule is Cc1ccc2c(ccc3ccccc32)c1-c1ccccc1C1CCC1. The van der Waals surface area contributed by atoms with Crippen LogP contribution in [-0.4, -0.2) is 0 Å². The lowest BCUT2D eigenvalue weighted by Crippen LogP contribution is -2.10. The minimum atomic E-state index is 0.742. The van der Waals surface area contributed by atoms with Gasteiger partial charge in [0.25, 0.3) is 0 Å². The van der Waals surface area contributed by atoms with Crippen LogP contribution in [0.4, 0.5) is 0 Å². The van der Waals surface area contributed by atoms with Gasteiger partial charge in [0.15, 0.2) is 0 Å². The van der Waals surface area contributed by atoms with E-state index in [1.165, 1.54) is 63.1 Å². The molecule has 4 aromatic rings. The van der Waals surface area contributed by atoms with Crippen molar-refractivity contribution >= 4 is 21.5 Å². The number of benzene rings is 4. The van der Waals surface area contributed by atoms with Crippen molar-refractivity contribution in [2.75, 3.05) is 0 Å². The molecule has 0 aliphatic heterocycles. The zero-order valence-corrected chi connectivity index (χ0v) is 14.6. The van der Waals surface area contributed by atoms with E-state index in [-0.39, 0.29) is 0 Å². The van der Waals surface area contributed by atoms with Crippen molar-refractivity contribution in [1.82, 2.24) is 0 Å². The van der Waals surface area contributed by atoms with Gasteiger partial charge in [-0.1, -0.05) is 79.2 Å². The zero-order chi connectivity index (χ0) is 16.8. The number of hydrogen-bond acceptors (Lipinski definition) is 0. The lowest BCUT2D eigenvalue weighted by Gasteiger charge is -2.28. The topological polar surface area (TPSA) is 0 Å². The van der Waals surface area contributed by atoms with Gasteiger partial charge in [-0.05, 0) is 69.5 Å². The molecule has 0 nitrogen and oxygen atoms in total. The Balaban J connectivity index is 1.85. The van der Waals surface area contributed by atoms with Gasteiger partial charge in [-0.25, -0.2) is 0 Å². The summed E-state index contributed by atoms with van der Waals surface area (Å²) in [6, 6.07) is 26.9. The Morgan fingerprint density at radius 2 is 1.44 bits per heavy atom. The first kappa shape index (κ1) is 14.7. The average Bonchev–Trinajstić information content (AvgIpc) is 2.61. The van der Waals surface area contributed by atoms with Gasteiger partial charge in [0.1, 0.15) is 0 Å². The lowest BCUT2D eigenvalue weighted by atomic mass is 9.76. The summed E-state index contributed by atoms with van der Waals surface area (Å²) in [5.41, 5.74) is 5.77. The van der Waals surface area contributed by atoms with E-state index in [0.29, 0.717) is 0 Å². The predicted molar refractivity (Wildman–Crippen MR) is 108 cm³/mol. The van der Waals surface area contributed by atoms with Gasteiger partial charge in [-0.15, -0.1) is 0 Å². The molecule has 0 spiro atoms. The van der Waals surface area contributed by atoms with Crippen LogP contribution in [0.25, 0.3) is 32.7 Å². The highest BCUT2D eigenvalue weighted by molar-refractivity contribution is 6.12. The Morgan fingerprint density at radius 1 is 0.680 bits per heavy atom. The molecule has 0 bridgehead atoms. The third-order valence-corrected chi connectivity index (χ3v) is 5.91. The van der Waals surface area contributed by atoms with Crippen LogP contribution >= 0.6 is 0 Å². The van der Waals surface area contributed by atoms with Gasteiger partial charge in [0.05, 0.1) is 0 Å². The molecule has 1 saturated carbocycles. The molecule has 0 atom stereocenters. The second-order valence-corrected chi connectivity index (χ2v) is 7.35. The maximum absolute atomic E-state index is 2.35. The van der Waals surface area contributed by atoms with Gasteiger partial charge >= 0.3 is 0 Å². The van der Waals surface area contributed by atoms with Crippen LogP contribution in [0.1, 0.15) is 36.3 Å². The van der Waals surface area contributed by atoms with Crippen molar-refractivity contribution in [2.24, 2.45) is 0 Å². The molecular weight excluding hydrogens is 300 g/mol. The van der Waals surface area contributed by atoms with Crippen molar-refractivity contribution in [3.05, 3.63) is 83.9 Å². The highest BCUT2D eigenvalue weighted by atomic mass is 14.3. The summed E-state index contributed by atoms with van der Waals surface area (Å²) < 4.78 is 0. The summed E-state index contributed by atoms with van der Waals surface area (Å²) in [6.07, 6.45) is 4.05. The summed E-state index contributed by atoms with van der Waals surface area (Å²) >= 11 is 0. The molecule has 0 heteroatoms. The van der Waals surface area contributed by atoms with Gasteiger partial charge in [-0.2, -0.15) is 0 Å². The summed E-state index contributed by atoms with van der Waals surface area (Å²) in [5.74, 6) is 0.742. The van der Waals surface area contributed by atoms with Crippen LogP contribution in [0.5, 0.6) is 0 Å². The molecule has 0 amide bonds. The Kier molecular flexibility index (Phi) is 3.38. The van der Waals surface area contributed by atoms with Crippen molar-refractivity contribution in [1.29, 1.82) is 0 Å².